The van der Waals surface area contributed by atoms with Crippen molar-refractivity contribution in [3.05, 3.63) is 61.7 Å². The van der Waals surface area contributed by atoms with Gasteiger partial charge in [0.25, 0.3) is 5.56 Å². The molecule has 2 aliphatic carbocycles. The third kappa shape index (κ3) is 3.26. The number of benzene rings is 1. The maximum Gasteiger partial charge on any atom is 0.343 e. The average Bonchev–Trinajstić information content (AvgIpc) is 3.28. The number of aliphatic hydroxyl groups excluding tert-OH is 1. The highest BCUT2D eigenvalue weighted by molar-refractivity contribution is 5.94. The van der Waals surface area contributed by atoms with E-state index in [4.69, 9.17) is 9.72 Å². The summed E-state index contributed by atoms with van der Waals surface area (Å²) in [6.07, 6.45) is 2.70. The van der Waals surface area contributed by atoms with Crippen LogP contribution in [-0.2, 0) is 39.5 Å². The lowest BCUT2D eigenvalue weighted by molar-refractivity contribution is -0.172. The number of nitrogens with zero attached hydrogens (tertiary/aromatic N) is 2. The number of esters is 1. The monoisotopic (exact) mass is 547 g/mol. The predicted octanol–water partition coefficient (Wildman–Crippen LogP) is 2.65. The van der Waals surface area contributed by atoms with E-state index < -0.39 is 11.6 Å². The van der Waals surface area contributed by atoms with Crippen LogP contribution in [-0.4, -0.2) is 38.2 Å². The highest BCUT2D eigenvalue weighted by Crippen LogP contribution is 2.46. The number of cyclic esters (lactones) is 1. The standard InChI is InChI=1S/C30H30FN3O6/c1-3-30(39)19-8-23-26-17(10-34(23)28(37)18(19)12-40-29(30)38)25-21(33-27(36)16-5-4-14(16)11-35)7-6-15-13(2)20(31)9-22(32-26)24(15)25/h8-9,14,16,21,35,39H,3-7,10-12H2,1-2H3,(H,33,36)/t14?,16?,21-,30-/m0/s1. The third-order valence-corrected chi connectivity index (χ3v) is 9.68. The maximum atomic E-state index is 15.1. The number of aromatic nitrogens is 2. The zero-order chi connectivity index (χ0) is 28.1. The topological polar surface area (TPSA) is 131 Å². The highest BCUT2D eigenvalue weighted by Gasteiger charge is 2.46. The van der Waals surface area contributed by atoms with Crippen molar-refractivity contribution in [2.45, 2.75) is 70.7 Å². The van der Waals surface area contributed by atoms with Crippen LogP contribution >= 0.6 is 0 Å². The Balaban J connectivity index is 1.44. The number of carbonyl (C=O) groups excluding carboxylic acids is 2. The Morgan fingerprint density at radius 3 is 2.73 bits per heavy atom. The second kappa shape index (κ2) is 8.68. The van der Waals surface area contributed by atoms with E-state index in [1.807, 2.05) is 0 Å². The van der Waals surface area contributed by atoms with Crippen LogP contribution in [0.1, 0.15) is 72.0 Å². The van der Waals surface area contributed by atoms with Gasteiger partial charge in [0.05, 0.1) is 35.1 Å². The Kier molecular flexibility index (Phi) is 5.50. The molecule has 208 valence electrons. The number of aryl methyl sites for hydroxylation is 1. The Morgan fingerprint density at radius 2 is 2.02 bits per heavy atom. The van der Waals surface area contributed by atoms with Crippen molar-refractivity contribution < 1.29 is 28.9 Å². The molecule has 2 aliphatic heterocycles. The van der Waals surface area contributed by atoms with Gasteiger partial charge in [0.2, 0.25) is 5.91 Å². The molecule has 0 saturated heterocycles. The van der Waals surface area contributed by atoms with Crippen molar-refractivity contribution in [1.82, 2.24) is 14.9 Å². The molecule has 4 aliphatic rings. The molecule has 1 saturated carbocycles. The van der Waals surface area contributed by atoms with Gasteiger partial charge >= 0.3 is 5.97 Å². The van der Waals surface area contributed by atoms with Gasteiger partial charge in [0, 0.05) is 35.1 Å². The normalized spacial score (nSPS) is 26.0. The van der Waals surface area contributed by atoms with Gasteiger partial charge in [-0.3, -0.25) is 9.59 Å². The van der Waals surface area contributed by atoms with E-state index in [1.165, 1.54) is 6.07 Å². The summed E-state index contributed by atoms with van der Waals surface area (Å²) < 4.78 is 21.8. The van der Waals surface area contributed by atoms with E-state index in [2.05, 4.69) is 5.32 Å². The lowest BCUT2D eigenvalue weighted by Gasteiger charge is -2.36. The van der Waals surface area contributed by atoms with Crippen molar-refractivity contribution in [3.8, 4) is 11.4 Å². The summed E-state index contributed by atoms with van der Waals surface area (Å²) in [7, 11) is 0. The van der Waals surface area contributed by atoms with Crippen LogP contribution in [0.4, 0.5) is 4.39 Å². The molecule has 1 amide bonds. The number of hydrogen-bond donors (Lipinski definition) is 3. The molecular weight excluding hydrogens is 517 g/mol. The number of halogens is 1. The summed E-state index contributed by atoms with van der Waals surface area (Å²) in [5.74, 6) is -1.57. The van der Waals surface area contributed by atoms with Gasteiger partial charge in [-0.2, -0.15) is 0 Å². The fourth-order valence-corrected chi connectivity index (χ4v) is 7.11. The summed E-state index contributed by atoms with van der Waals surface area (Å²) >= 11 is 0. The summed E-state index contributed by atoms with van der Waals surface area (Å²) in [6, 6.07) is 2.66. The molecule has 4 heterocycles. The van der Waals surface area contributed by atoms with E-state index in [1.54, 1.807) is 24.5 Å². The summed E-state index contributed by atoms with van der Waals surface area (Å²) in [5, 5.41) is 24.8. The number of ether oxygens (including phenoxy) is 1. The number of aliphatic hydroxyl groups is 2. The fraction of sp³-hybridized carbons (Fsp3) is 0.467. The molecule has 0 bridgehead atoms. The van der Waals surface area contributed by atoms with Crippen molar-refractivity contribution >= 4 is 22.8 Å². The molecule has 7 rings (SSSR count). The third-order valence-electron chi connectivity index (χ3n) is 9.68. The fourth-order valence-electron chi connectivity index (χ4n) is 7.11. The van der Waals surface area contributed by atoms with E-state index in [0.29, 0.717) is 35.3 Å². The van der Waals surface area contributed by atoms with Crippen molar-refractivity contribution in [2.24, 2.45) is 11.8 Å². The largest absolute Gasteiger partial charge is 0.458 e. The first-order chi connectivity index (χ1) is 19.2. The van der Waals surface area contributed by atoms with Gasteiger partial charge in [0.15, 0.2) is 5.60 Å². The minimum Gasteiger partial charge on any atom is -0.458 e. The first-order valence-electron chi connectivity index (χ1n) is 13.9. The molecule has 2 aromatic heterocycles. The zero-order valence-corrected chi connectivity index (χ0v) is 22.3. The van der Waals surface area contributed by atoms with Crippen LogP contribution in [0.25, 0.3) is 22.3 Å². The summed E-state index contributed by atoms with van der Waals surface area (Å²) in [4.78, 5) is 44.4. The van der Waals surface area contributed by atoms with Gasteiger partial charge in [-0.05, 0) is 67.7 Å². The lowest BCUT2D eigenvalue weighted by Crippen LogP contribution is -2.44. The number of pyridine rings is 2. The molecular formula is C30H30FN3O6. The molecule has 3 N–H and O–H groups in total. The minimum atomic E-state index is -1.95. The maximum absolute atomic E-state index is 15.1. The van der Waals surface area contributed by atoms with Crippen molar-refractivity contribution in [1.29, 1.82) is 0 Å². The predicted molar refractivity (Wildman–Crippen MR) is 142 cm³/mol. The number of fused-ring (bicyclic) bond motifs is 5. The molecule has 2 unspecified atom stereocenters. The van der Waals surface area contributed by atoms with Crippen LogP contribution in [0.3, 0.4) is 0 Å². The van der Waals surface area contributed by atoms with Gasteiger partial charge in [0.1, 0.15) is 12.4 Å². The number of amides is 1. The van der Waals surface area contributed by atoms with Crippen molar-refractivity contribution in [2.75, 3.05) is 6.61 Å². The average molecular weight is 548 g/mol. The quantitative estimate of drug-likeness (QED) is 0.335. The second-order valence-corrected chi connectivity index (χ2v) is 11.5. The Bertz CT molecular complexity index is 1710. The lowest BCUT2D eigenvalue weighted by atomic mass is 9.73. The number of carbonyl (C=O) groups is 2. The minimum absolute atomic E-state index is 0.0296. The highest BCUT2D eigenvalue weighted by atomic mass is 19.1. The van der Waals surface area contributed by atoms with E-state index in [0.717, 1.165) is 34.9 Å². The molecule has 1 aromatic carbocycles. The van der Waals surface area contributed by atoms with Gasteiger partial charge in [-0.25, -0.2) is 14.2 Å². The van der Waals surface area contributed by atoms with Gasteiger partial charge in [-0.15, -0.1) is 0 Å². The van der Waals surface area contributed by atoms with Gasteiger partial charge < -0.3 is 24.8 Å². The molecule has 9 nitrogen and oxygen atoms in total. The second-order valence-electron chi connectivity index (χ2n) is 11.5. The first-order valence-corrected chi connectivity index (χ1v) is 13.9. The van der Waals surface area contributed by atoms with E-state index in [9.17, 15) is 24.6 Å². The first kappa shape index (κ1) is 25.3. The van der Waals surface area contributed by atoms with E-state index >= 15 is 4.39 Å². The zero-order valence-electron chi connectivity index (χ0n) is 22.3. The number of rotatable bonds is 4. The van der Waals surface area contributed by atoms with Crippen molar-refractivity contribution in [3.63, 3.8) is 0 Å². The summed E-state index contributed by atoms with van der Waals surface area (Å²) in [5.41, 5.74) is 2.47. The Hall–Kier alpha value is -3.63. The van der Waals surface area contributed by atoms with Crippen LogP contribution in [0.15, 0.2) is 16.9 Å². The van der Waals surface area contributed by atoms with Crippen LogP contribution in [0.5, 0.6) is 0 Å². The molecule has 0 spiro atoms. The number of nitrogens with one attached hydrogen (secondary N) is 1. The van der Waals surface area contributed by atoms with Crippen LogP contribution in [0.2, 0.25) is 0 Å². The molecule has 1 fully saturated rings. The molecule has 3 aromatic rings. The SMILES string of the molecule is CC[C@@]1(O)C(=O)OCc2c1cc1n(c2=O)Cc2c-1nc1cc(F)c(C)c3c1c2[C@@H](NC(=O)C1CCC1CO)CC3. The summed E-state index contributed by atoms with van der Waals surface area (Å²) in [6.45, 7) is 3.33. The Morgan fingerprint density at radius 1 is 1.23 bits per heavy atom. The molecule has 40 heavy (non-hydrogen) atoms. The van der Waals surface area contributed by atoms with E-state index in [-0.39, 0.29) is 72.5 Å². The smallest absolute Gasteiger partial charge is 0.343 e. The molecule has 4 atom stereocenters. The molecule has 0 radical (unpaired) electrons. The molecule has 10 heteroatoms. The number of hydrogen-bond acceptors (Lipinski definition) is 7. The Labute approximate surface area is 229 Å². The van der Waals surface area contributed by atoms with Gasteiger partial charge in [-0.1, -0.05) is 6.92 Å². The van der Waals surface area contributed by atoms with Crippen LogP contribution in [0, 0.1) is 24.6 Å². The van der Waals surface area contributed by atoms with Crippen LogP contribution < -0.4 is 10.9 Å².